The van der Waals surface area contributed by atoms with Crippen molar-refractivity contribution in [1.29, 1.82) is 0 Å². The average Bonchev–Trinajstić information content (AvgIpc) is 2.94. The summed E-state index contributed by atoms with van der Waals surface area (Å²) in [6, 6.07) is 8.34. The molecule has 3 rings (SSSR count). The van der Waals surface area contributed by atoms with Gasteiger partial charge in [-0.3, -0.25) is 0 Å². The maximum atomic E-state index is 4.46. The third kappa shape index (κ3) is 2.29. The minimum Gasteiger partial charge on any atom is -0.374 e. The molecule has 0 aliphatic carbocycles. The van der Waals surface area contributed by atoms with Crippen LogP contribution in [0.15, 0.2) is 24.3 Å². The predicted octanol–water partition coefficient (Wildman–Crippen LogP) is 3.99. The van der Waals surface area contributed by atoms with Gasteiger partial charge in [-0.05, 0) is 49.2 Å². The molecule has 0 radical (unpaired) electrons. The summed E-state index contributed by atoms with van der Waals surface area (Å²) in [5.74, 6) is 1.31. The van der Waals surface area contributed by atoms with Crippen LogP contribution in [0.3, 0.4) is 0 Å². The van der Waals surface area contributed by atoms with Crippen molar-refractivity contribution >= 4 is 39.2 Å². The van der Waals surface area contributed by atoms with Crippen molar-refractivity contribution in [2.75, 3.05) is 17.6 Å². The summed E-state index contributed by atoms with van der Waals surface area (Å²) < 4.78 is 4.87. The van der Waals surface area contributed by atoms with E-state index in [4.69, 9.17) is 0 Å². The van der Waals surface area contributed by atoms with Crippen LogP contribution in [0.25, 0.3) is 10.9 Å². The number of hydrogen-bond acceptors (Lipinski definition) is 4. The Balaban J connectivity index is 1.76. The van der Waals surface area contributed by atoms with E-state index in [1.165, 1.54) is 29.0 Å². The van der Waals surface area contributed by atoms with Crippen LogP contribution in [-0.4, -0.2) is 21.4 Å². The molecule has 1 aliphatic rings. The molecule has 1 saturated heterocycles. The molecule has 0 saturated carbocycles. The quantitative estimate of drug-likeness (QED) is 0.907. The summed E-state index contributed by atoms with van der Waals surface area (Å²) in [5, 5.41) is 6.06. The smallest absolute Gasteiger partial charge is 0.117 e. The number of benzene rings is 1. The number of anilines is 1. The highest BCUT2D eigenvalue weighted by atomic mass is 32.2. The van der Waals surface area contributed by atoms with Gasteiger partial charge in [-0.2, -0.15) is 16.1 Å². The Morgan fingerprint density at radius 1 is 1.41 bits per heavy atom. The molecule has 1 aromatic heterocycles. The third-order valence-corrected chi connectivity index (χ3v) is 5.68. The second-order valence-electron chi connectivity index (χ2n) is 4.78. The summed E-state index contributed by atoms with van der Waals surface area (Å²) in [4.78, 5) is 0. The minimum absolute atomic E-state index is 0.408. The van der Waals surface area contributed by atoms with Gasteiger partial charge in [0.1, 0.15) is 5.00 Å². The van der Waals surface area contributed by atoms with Crippen LogP contribution in [0.5, 0.6) is 0 Å². The number of nitrogens with one attached hydrogen (secondary N) is 1. The summed E-state index contributed by atoms with van der Waals surface area (Å²) in [7, 11) is 0. The number of thioether (sulfide) groups is 1. The maximum absolute atomic E-state index is 4.46. The summed E-state index contributed by atoms with van der Waals surface area (Å²) in [6.45, 7) is 3.41. The van der Waals surface area contributed by atoms with Gasteiger partial charge < -0.3 is 5.32 Å². The molecule has 2 heterocycles. The van der Waals surface area contributed by atoms with Gasteiger partial charge in [-0.25, -0.2) is 0 Å². The van der Waals surface area contributed by atoms with Crippen molar-refractivity contribution in [3.63, 3.8) is 0 Å². The molecule has 0 bridgehead atoms. The van der Waals surface area contributed by atoms with Crippen molar-refractivity contribution < 1.29 is 0 Å². The van der Waals surface area contributed by atoms with E-state index in [1.54, 1.807) is 11.5 Å². The van der Waals surface area contributed by atoms with Crippen LogP contribution < -0.4 is 5.32 Å². The molecule has 1 aromatic carbocycles. The number of aromatic nitrogens is 1. The zero-order valence-electron chi connectivity index (χ0n) is 9.90. The van der Waals surface area contributed by atoms with Gasteiger partial charge >= 0.3 is 0 Å². The highest BCUT2D eigenvalue weighted by Gasteiger charge is 2.29. The van der Waals surface area contributed by atoms with Gasteiger partial charge in [-0.1, -0.05) is 12.1 Å². The lowest BCUT2D eigenvalue weighted by atomic mass is 10.1. The van der Waals surface area contributed by atoms with Crippen LogP contribution in [0.2, 0.25) is 0 Å². The molecule has 2 aromatic rings. The average molecular weight is 264 g/mol. The zero-order chi connectivity index (χ0) is 11.7. The first-order chi connectivity index (χ1) is 8.27. The Labute approximate surface area is 110 Å². The monoisotopic (exact) mass is 264 g/mol. The molecular weight excluding hydrogens is 248 g/mol. The molecule has 0 spiro atoms. The molecular formula is C13H16N2S2. The molecule has 90 valence electrons. The van der Waals surface area contributed by atoms with Crippen LogP contribution in [0.4, 0.5) is 5.00 Å². The molecule has 1 atom stereocenters. The Morgan fingerprint density at radius 3 is 3.12 bits per heavy atom. The van der Waals surface area contributed by atoms with Gasteiger partial charge in [0.15, 0.2) is 0 Å². The van der Waals surface area contributed by atoms with Crippen LogP contribution in [0.1, 0.15) is 19.8 Å². The number of rotatable bonds is 3. The van der Waals surface area contributed by atoms with Crippen molar-refractivity contribution in [1.82, 2.24) is 4.37 Å². The minimum atomic E-state index is 0.408. The fraction of sp³-hybridized carbons (Fsp3) is 0.462. The van der Waals surface area contributed by atoms with Crippen molar-refractivity contribution in [2.24, 2.45) is 0 Å². The standard InChI is InChI=1S/C13H16N2S2/c1-13(7-4-8-16-13)9-14-12-10-5-2-3-6-11(10)15-17-12/h2-3,5-6,14H,4,7-9H2,1H3. The topological polar surface area (TPSA) is 24.9 Å². The fourth-order valence-electron chi connectivity index (χ4n) is 2.26. The van der Waals surface area contributed by atoms with Gasteiger partial charge in [0.2, 0.25) is 0 Å². The zero-order valence-corrected chi connectivity index (χ0v) is 11.5. The highest BCUT2D eigenvalue weighted by Crippen LogP contribution is 2.38. The van der Waals surface area contributed by atoms with Crippen molar-refractivity contribution in [3.05, 3.63) is 24.3 Å². The van der Waals surface area contributed by atoms with Crippen LogP contribution in [-0.2, 0) is 0 Å². The molecule has 2 nitrogen and oxygen atoms in total. The molecule has 1 fully saturated rings. The van der Waals surface area contributed by atoms with Gasteiger partial charge in [0.25, 0.3) is 0 Å². The second kappa shape index (κ2) is 4.50. The predicted molar refractivity (Wildman–Crippen MR) is 78.2 cm³/mol. The van der Waals surface area contributed by atoms with Crippen molar-refractivity contribution in [2.45, 2.75) is 24.5 Å². The van der Waals surface area contributed by atoms with Crippen LogP contribution >= 0.6 is 23.3 Å². The first-order valence-corrected chi connectivity index (χ1v) is 7.75. The lowest BCUT2D eigenvalue weighted by molar-refractivity contribution is 0.635. The van der Waals surface area contributed by atoms with E-state index < -0.39 is 0 Å². The first kappa shape index (κ1) is 11.4. The molecule has 1 unspecified atom stereocenters. The molecule has 1 N–H and O–H groups in total. The Bertz CT molecular complexity index is 515. The summed E-state index contributed by atoms with van der Waals surface area (Å²) in [5.41, 5.74) is 1.10. The largest absolute Gasteiger partial charge is 0.374 e. The van der Waals surface area contributed by atoms with Gasteiger partial charge in [0.05, 0.1) is 5.52 Å². The summed E-state index contributed by atoms with van der Waals surface area (Å²) in [6.07, 6.45) is 2.67. The number of fused-ring (bicyclic) bond motifs is 1. The highest BCUT2D eigenvalue weighted by molar-refractivity contribution is 8.00. The molecule has 4 heteroatoms. The number of hydrogen-bond donors (Lipinski definition) is 1. The van der Waals surface area contributed by atoms with E-state index in [-0.39, 0.29) is 0 Å². The third-order valence-electron chi connectivity index (χ3n) is 3.31. The van der Waals surface area contributed by atoms with Gasteiger partial charge in [0, 0.05) is 16.7 Å². The molecule has 0 amide bonds. The van der Waals surface area contributed by atoms with E-state index in [0.29, 0.717) is 4.75 Å². The lowest BCUT2D eigenvalue weighted by Gasteiger charge is -2.22. The van der Waals surface area contributed by atoms with E-state index in [1.807, 2.05) is 6.07 Å². The lowest BCUT2D eigenvalue weighted by Crippen LogP contribution is -2.26. The second-order valence-corrected chi connectivity index (χ2v) is 7.24. The Kier molecular flexibility index (Phi) is 3.01. The summed E-state index contributed by atoms with van der Waals surface area (Å²) >= 11 is 3.67. The van der Waals surface area contributed by atoms with Crippen molar-refractivity contribution in [3.8, 4) is 0 Å². The normalized spacial score (nSPS) is 24.3. The van der Waals surface area contributed by atoms with Crippen LogP contribution in [0, 0.1) is 0 Å². The number of nitrogens with zero attached hydrogens (tertiary/aromatic N) is 1. The SMILES string of the molecule is CC1(CNc2snc3ccccc23)CCCS1. The van der Waals surface area contributed by atoms with E-state index in [9.17, 15) is 0 Å². The van der Waals surface area contributed by atoms with E-state index in [0.717, 1.165) is 12.1 Å². The molecule has 1 aliphatic heterocycles. The maximum Gasteiger partial charge on any atom is 0.117 e. The first-order valence-electron chi connectivity index (χ1n) is 5.99. The Morgan fingerprint density at radius 2 is 2.29 bits per heavy atom. The Hall–Kier alpha value is -0.740. The van der Waals surface area contributed by atoms with E-state index in [2.05, 4.69) is 46.6 Å². The van der Waals surface area contributed by atoms with E-state index >= 15 is 0 Å². The van der Waals surface area contributed by atoms with Gasteiger partial charge in [-0.15, -0.1) is 0 Å². The fourth-order valence-corrected chi connectivity index (χ4v) is 4.26. The molecule has 17 heavy (non-hydrogen) atoms.